The van der Waals surface area contributed by atoms with Gasteiger partial charge >= 0.3 is 0 Å². The van der Waals surface area contributed by atoms with Gasteiger partial charge in [0.05, 0.1) is 19.0 Å². The van der Waals surface area contributed by atoms with E-state index in [0.717, 1.165) is 23.4 Å². The maximum atomic E-state index is 5.52. The number of nitrogens with zero attached hydrogens (tertiary/aromatic N) is 1. The monoisotopic (exact) mass is 228 g/mol. The molecule has 2 N–H and O–H groups in total. The van der Waals surface area contributed by atoms with Gasteiger partial charge in [-0.25, -0.2) is 0 Å². The Bertz CT molecular complexity index is 463. The predicted molar refractivity (Wildman–Crippen MR) is 69.0 cm³/mol. The molecule has 1 heterocycles. The lowest BCUT2D eigenvalue weighted by molar-refractivity contribution is 0.413. The molecule has 0 fully saturated rings. The van der Waals surface area contributed by atoms with Gasteiger partial charge in [-0.2, -0.15) is 0 Å². The Labute approximate surface area is 101 Å². The molecule has 0 saturated heterocycles. The molecule has 2 aromatic rings. The zero-order valence-corrected chi connectivity index (χ0v) is 9.89. The fraction of sp³-hybridized carbons (Fsp3) is 0.214. The molecular weight excluding hydrogens is 212 g/mol. The molecular formula is C14H16N2O. The Morgan fingerprint density at radius 2 is 1.88 bits per heavy atom. The number of pyridine rings is 1. The van der Waals surface area contributed by atoms with Crippen molar-refractivity contribution in [3.8, 4) is 17.0 Å². The topological polar surface area (TPSA) is 48.1 Å². The van der Waals surface area contributed by atoms with E-state index in [1.807, 2.05) is 12.1 Å². The molecule has 2 rings (SSSR count). The fourth-order valence-corrected chi connectivity index (χ4v) is 1.68. The highest BCUT2D eigenvalue weighted by Crippen LogP contribution is 2.19. The van der Waals surface area contributed by atoms with Crippen LogP contribution in [0.5, 0.6) is 5.75 Å². The molecule has 0 aliphatic heterocycles. The summed E-state index contributed by atoms with van der Waals surface area (Å²) in [7, 11) is 1.64. The van der Waals surface area contributed by atoms with E-state index in [1.165, 1.54) is 5.56 Å². The number of nitrogens with two attached hydrogens (primary N) is 1. The van der Waals surface area contributed by atoms with Gasteiger partial charge in [0.1, 0.15) is 5.75 Å². The Balaban J connectivity index is 2.20. The molecule has 0 amide bonds. The van der Waals surface area contributed by atoms with E-state index in [2.05, 4.69) is 29.2 Å². The summed E-state index contributed by atoms with van der Waals surface area (Å²) in [6, 6.07) is 12.2. The van der Waals surface area contributed by atoms with Gasteiger partial charge in [-0.3, -0.25) is 4.98 Å². The number of rotatable bonds is 4. The summed E-state index contributed by atoms with van der Waals surface area (Å²) < 4.78 is 5.08. The van der Waals surface area contributed by atoms with Crippen molar-refractivity contribution in [3.63, 3.8) is 0 Å². The molecule has 88 valence electrons. The van der Waals surface area contributed by atoms with Gasteiger partial charge in [0, 0.05) is 5.56 Å². The van der Waals surface area contributed by atoms with Gasteiger partial charge in [-0.05, 0) is 30.7 Å². The lowest BCUT2D eigenvalue weighted by Gasteiger charge is -2.04. The molecule has 0 atom stereocenters. The normalized spacial score (nSPS) is 10.2. The van der Waals surface area contributed by atoms with E-state index in [-0.39, 0.29) is 0 Å². The van der Waals surface area contributed by atoms with Gasteiger partial charge in [0.15, 0.2) is 0 Å². The Hall–Kier alpha value is -1.87. The SMILES string of the molecule is COc1ccc(-c2ccc(CCN)cc2)nc1. The van der Waals surface area contributed by atoms with Gasteiger partial charge < -0.3 is 10.5 Å². The highest BCUT2D eigenvalue weighted by molar-refractivity contribution is 5.59. The summed E-state index contributed by atoms with van der Waals surface area (Å²) in [5, 5.41) is 0. The van der Waals surface area contributed by atoms with Gasteiger partial charge in [0.2, 0.25) is 0 Å². The summed E-state index contributed by atoms with van der Waals surface area (Å²) >= 11 is 0. The van der Waals surface area contributed by atoms with Crippen LogP contribution in [0.15, 0.2) is 42.6 Å². The van der Waals surface area contributed by atoms with Gasteiger partial charge in [-0.1, -0.05) is 24.3 Å². The maximum Gasteiger partial charge on any atom is 0.137 e. The van der Waals surface area contributed by atoms with Crippen molar-refractivity contribution in [3.05, 3.63) is 48.2 Å². The van der Waals surface area contributed by atoms with Crippen LogP contribution < -0.4 is 10.5 Å². The van der Waals surface area contributed by atoms with Crippen LogP contribution in [0.1, 0.15) is 5.56 Å². The van der Waals surface area contributed by atoms with E-state index >= 15 is 0 Å². The number of hydrogen-bond acceptors (Lipinski definition) is 3. The standard InChI is InChI=1S/C14H16N2O/c1-17-13-6-7-14(16-10-13)12-4-2-11(3-5-12)8-9-15/h2-7,10H,8-9,15H2,1H3. The molecule has 1 aromatic heterocycles. The van der Waals surface area contributed by atoms with Crippen LogP contribution in [0.4, 0.5) is 0 Å². The van der Waals surface area contributed by atoms with Crippen molar-refractivity contribution in [2.75, 3.05) is 13.7 Å². The van der Waals surface area contributed by atoms with Crippen molar-refractivity contribution in [1.82, 2.24) is 4.98 Å². The smallest absolute Gasteiger partial charge is 0.137 e. The molecule has 0 bridgehead atoms. The minimum Gasteiger partial charge on any atom is -0.495 e. The van der Waals surface area contributed by atoms with Crippen LogP contribution in [-0.2, 0) is 6.42 Å². The van der Waals surface area contributed by atoms with Crippen molar-refractivity contribution < 1.29 is 4.74 Å². The molecule has 0 unspecified atom stereocenters. The molecule has 1 aromatic carbocycles. The van der Waals surface area contributed by atoms with Crippen molar-refractivity contribution >= 4 is 0 Å². The molecule has 0 aliphatic rings. The summed E-state index contributed by atoms with van der Waals surface area (Å²) in [4.78, 5) is 4.35. The van der Waals surface area contributed by atoms with E-state index < -0.39 is 0 Å². The van der Waals surface area contributed by atoms with Crippen LogP contribution in [0.3, 0.4) is 0 Å². The summed E-state index contributed by atoms with van der Waals surface area (Å²) in [6.45, 7) is 0.681. The summed E-state index contributed by atoms with van der Waals surface area (Å²) in [5.74, 6) is 0.772. The van der Waals surface area contributed by atoms with Crippen molar-refractivity contribution in [2.45, 2.75) is 6.42 Å². The fourth-order valence-electron chi connectivity index (χ4n) is 1.68. The van der Waals surface area contributed by atoms with E-state index in [1.54, 1.807) is 13.3 Å². The maximum absolute atomic E-state index is 5.52. The number of hydrogen-bond donors (Lipinski definition) is 1. The number of benzene rings is 1. The van der Waals surface area contributed by atoms with E-state index in [4.69, 9.17) is 10.5 Å². The zero-order chi connectivity index (χ0) is 12.1. The Morgan fingerprint density at radius 1 is 1.12 bits per heavy atom. The lowest BCUT2D eigenvalue weighted by atomic mass is 10.1. The number of methoxy groups -OCH3 is 1. The second-order valence-electron chi connectivity index (χ2n) is 3.82. The molecule has 0 spiro atoms. The van der Waals surface area contributed by atoms with E-state index in [9.17, 15) is 0 Å². The highest BCUT2D eigenvalue weighted by atomic mass is 16.5. The third-order valence-electron chi connectivity index (χ3n) is 2.65. The summed E-state index contributed by atoms with van der Waals surface area (Å²) in [5.41, 5.74) is 8.82. The minimum atomic E-state index is 0.681. The average molecular weight is 228 g/mol. The third-order valence-corrected chi connectivity index (χ3v) is 2.65. The van der Waals surface area contributed by atoms with Crippen molar-refractivity contribution in [1.29, 1.82) is 0 Å². The second kappa shape index (κ2) is 5.46. The Morgan fingerprint density at radius 3 is 2.41 bits per heavy atom. The second-order valence-corrected chi connectivity index (χ2v) is 3.82. The molecule has 3 nitrogen and oxygen atoms in total. The quantitative estimate of drug-likeness (QED) is 0.873. The zero-order valence-electron chi connectivity index (χ0n) is 9.89. The van der Waals surface area contributed by atoms with Crippen LogP contribution in [0.2, 0.25) is 0 Å². The number of aromatic nitrogens is 1. The minimum absolute atomic E-state index is 0.681. The van der Waals surface area contributed by atoms with Crippen LogP contribution in [0, 0.1) is 0 Å². The van der Waals surface area contributed by atoms with Crippen LogP contribution >= 0.6 is 0 Å². The molecule has 0 radical (unpaired) electrons. The predicted octanol–water partition coefficient (Wildman–Crippen LogP) is 2.26. The van der Waals surface area contributed by atoms with E-state index in [0.29, 0.717) is 6.54 Å². The third kappa shape index (κ3) is 2.82. The average Bonchev–Trinajstić information content (AvgIpc) is 2.40. The first kappa shape index (κ1) is 11.6. The van der Waals surface area contributed by atoms with Gasteiger partial charge in [0.25, 0.3) is 0 Å². The van der Waals surface area contributed by atoms with Gasteiger partial charge in [-0.15, -0.1) is 0 Å². The molecule has 3 heteroatoms. The first-order valence-electron chi connectivity index (χ1n) is 5.63. The largest absolute Gasteiger partial charge is 0.495 e. The molecule has 0 aliphatic carbocycles. The van der Waals surface area contributed by atoms with Crippen molar-refractivity contribution in [2.24, 2.45) is 5.73 Å². The number of ether oxygens (including phenoxy) is 1. The summed E-state index contributed by atoms with van der Waals surface area (Å²) in [6.07, 6.45) is 2.64. The van der Waals surface area contributed by atoms with Crippen LogP contribution in [0.25, 0.3) is 11.3 Å². The first-order chi connectivity index (χ1) is 8.33. The molecule has 0 saturated carbocycles. The highest BCUT2D eigenvalue weighted by Gasteiger charge is 2.00. The Kier molecular flexibility index (Phi) is 3.73. The first-order valence-corrected chi connectivity index (χ1v) is 5.63. The molecule has 17 heavy (non-hydrogen) atoms. The lowest BCUT2D eigenvalue weighted by Crippen LogP contribution is -2.02. The van der Waals surface area contributed by atoms with Crippen LogP contribution in [-0.4, -0.2) is 18.6 Å².